The van der Waals surface area contributed by atoms with Gasteiger partial charge in [-0.05, 0) is 37.0 Å². The molecule has 3 nitrogen and oxygen atoms in total. The van der Waals surface area contributed by atoms with Crippen LogP contribution in [0.3, 0.4) is 0 Å². The van der Waals surface area contributed by atoms with Crippen molar-refractivity contribution in [1.82, 2.24) is 5.32 Å². The van der Waals surface area contributed by atoms with E-state index in [1.807, 2.05) is 12.1 Å². The van der Waals surface area contributed by atoms with Gasteiger partial charge < -0.3 is 15.5 Å². The van der Waals surface area contributed by atoms with Crippen molar-refractivity contribution in [2.45, 2.75) is 31.9 Å². The van der Waals surface area contributed by atoms with E-state index in [-0.39, 0.29) is 12.1 Å². The second-order valence-electron chi connectivity index (χ2n) is 4.19. The Hall–Kier alpha value is -1.06. The van der Waals surface area contributed by atoms with Crippen LogP contribution >= 0.6 is 0 Å². The molecule has 0 saturated heterocycles. The smallest absolute Gasteiger partial charge is 0.119 e. The Morgan fingerprint density at radius 1 is 1.53 bits per heavy atom. The lowest BCUT2D eigenvalue weighted by Crippen LogP contribution is -2.27. The summed E-state index contributed by atoms with van der Waals surface area (Å²) in [6.07, 6.45) is 1.59. The maximum Gasteiger partial charge on any atom is 0.119 e. The molecule has 0 heterocycles. The van der Waals surface area contributed by atoms with Gasteiger partial charge in [0.15, 0.2) is 0 Å². The van der Waals surface area contributed by atoms with Crippen LogP contribution in [0.5, 0.6) is 5.75 Å². The fourth-order valence-corrected chi connectivity index (χ4v) is 2.16. The number of aromatic hydroxyl groups is 1. The zero-order valence-electron chi connectivity index (χ0n) is 8.90. The lowest BCUT2D eigenvalue weighted by molar-refractivity contribution is 0.186. The van der Waals surface area contributed by atoms with E-state index < -0.39 is 0 Å². The lowest BCUT2D eigenvalue weighted by Gasteiger charge is -2.15. The summed E-state index contributed by atoms with van der Waals surface area (Å²) in [5, 5.41) is 22.2. The largest absolute Gasteiger partial charge is 0.508 e. The first-order valence-corrected chi connectivity index (χ1v) is 5.40. The van der Waals surface area contributed by atoms with Gasteiger partial charge in [-0.2, -0.15) is 0 Å². The van der Waals surface area contributed by atoms with Crippen molar-refractivity contribution < 1.29 is 10.2 Å². The molecule has 0 radical (unpaired) electrons. The molecule has 0 amide bonds. The lowest BCUT2D eigenvalue weighted by atomic mass is 10.1. The van der Waals surface area contributed by atoms with Crippen LogP contribution in [-0.2, 0) is 6.42 Å². The molecule has 15 heavy (non-hydrogen) atoms. The molecule has 82 valence electrons. The van der Waals surface area contributed by atoms with Crippen molar-refractivity contribution in [1.29, 1.82) is 0 Å². The van der Waals surface area contributed by atoms with E-state index in [0.717, 1.165) is 18.4 Å². The molecule has 1 aromatic rings. The number of phenolic OH excluding ortho intramolecular Hbond substituents is 1. The fraction of sp³-hybridized carbons (Fsp3) is 0.500. The third-order valence-electron chi connectivity index (χ3n) is 2.91. The van der Waals surface area contributed by atoms with Gasteiger partial charge in [-0.15, -0.1) is 0 Å². The van der Waals surface area contributed by atoms with Crippen molar-refractivity contribution in [2.75, 3.05) is 6.54 Å². The normalized spacial score (nSPS) is 21.3. The third-order valence-corrected chi connectivity index (χ3v) is 2.91. The molecule has 0 spiro atoms. The number of nitrogens with one attached hydrogen (secondary N) is 1. The Morgan fingerprint density at radius 2 is 2.33 bits per heavy atom. The topological polar surface area (TPSA) is 52.5 Å². The molecule has 2 rings (SSSR count). The molecule has 0 fully saturated rings. The summed E-state index contributed by atoms with van der Waals surface area (Å²) in [5.41, 5.74) is 2.23. The van der Waals surface area contributed by atoms with Crippen LogP contribution in [0, 0.1) is 0 Å². The van der Waals surface area contributed by atoms with Crippen LogP contribution in [0.2, 0.25) is 0 Å². The Labute approximate surface area is 89.8 Å². The van der Waals surface area contributed by atoms with Gasteiger partial charge in [0.2, 0.25) is 0 Å². The molecule has 1 aliphatic rings. The first kappa shape index (κ1) is 10.5. The highest BCUT2D eigenvalue weighted by Gasteiger charge is 2.24. The van der Waals surface area contributed by atoms with Crippen molar-refractivity contribution in [3.05, 3.63) is 29.3 Å². The number of phenols is 1. The molecule has 1 aromatic carbocycles. The predicted molar refractivity (Wildman–Crippen MR) is 58.9 cm³/mol. The van der Waals surface area contributed by atoms with E-state index >= 15 is 0 Å². The Morgan fingerprint density at radius 3 is 3.07 bits per heavy atom. The first-order chi connectivity index (χ1) is 7.18. The van der Waals surface area contributed by atoms with E-state index in [1.165, 1.54) is 5.56 Å². The summed E-state index contributed by atoms with van der Waals surface area (Å²) in [6, 6.07) is 5.93. The standard InChI is InChI=1S/C12H17NO2/c1-8(14)7-13-11-6-5-10-9(11)3-2-4-12(10)15/h2-4,8,11,13-15H,5-7H2,1H3. The zero-order chi connectivity index (χ0) is 10.8. The van der Waals surface area contributed by atoms with E-state index in [4.69, 9.17) is 0 Å². The molecule has 0 bridgehead atoms. The molecule has 1 aliphatic carbocycles. The van der Waals surface area contributed by atoms with Gasteiger partial charge in [0.1, 0.15) is 5.75 Å². The Kier molecular flexibility index (Phi) is 2.93. The molecule has 3 heteroatoms. The number of hydrogen-bond acceptors (Lipinski definition) is 3. The molecule has 0 aliphatic heterocycles. The second-order valence-corrected chi connectivity index (χ2v) is 4.19. The van der Waals surface area contributed by atoms with Crippen LogP contribution in [0.4, 0.5) is 0 Å². The molecule has 3 N–H and O–H groups in total. The molecular weight excluding hydrogens is 190 g/mol. The maximum absolute atomic E-state index is 9.65. The van der Waals surface area contributed by atoms with Gasteiger partial charge in [0.25, 0.3) is 0 Å². The summed E-state index contributed by atoms with van der Waals surface area (Å²) >= 11 is 0. The van der Waals surface area contributed by atoms with E-state index in [9.17, 15) is 10.2 Å². The van der Waals surface area contributed by atoms with Crippen LogP contribution in [-0.4, -0.2) is 22.9 Å². The maximum atomic E-state index is 9.65. The van der Waals surface area contributed by atoms with Gasteiger partial charge in [-0.25, -0.2) is 0 Å². The summed E-state index contributed by atoms with van der Waals surface area (Å²) in [7, 11) is 0. The summed E-state index contributed by atoms with van der Waals surface area (Å²) < 4.78 is 0. The molecule has 0 aromatic heterocycles. The molecule has 0 saturated carbocycles. The number of rotatable bonds is 3. The highest BCUT2D eigenvalue weighted by Crippen LogP contribution is 2.35. The minimum atomic E-state index is -0.327. The van der Waals surface area contributed by atoms with Gasteiger partial charge >= 0.3 is 0 Å². The first-order valence-electron chi connectivity index (χ1n) is 5.40. The average molecular weight is 207 g/mol. The molecular formula is C12H17NO2. The highest BCUT2D eigenvalue weighted by atomic mass is 16.3. The number of benzene rings is 1. The van der Waals surface area contributed by atoms with Crippen molar-refractivity contribution >= 4 is 0 Å². The van der Waals surface area contributed by atoms with Crippen LogP contribution < -0.4 is 5.32 Å². The van der Waals surface area contributed by atoms with Crippen LogP contribution in [0.1, 0.15) is 30.5 Å². The van der Waals surface area contributed by atoms with Gasteiger partial charge in [-0.1, -0.05) is 12.1 Å². The predicted octanol–water partition coefficient (Wildman–Crippen LogP) is 1.35. The van der Waals surface area contributed by atoms with Gasteiger partial charge in [-0.3, -0.25) is 0 Å². The summed E-state index contributed by atoms with van der Waals surface area (Å²) in [4.78, 5) is 0. The second kappa shape index (κ2) is 4.21. The van der Waals surface area contributed by atoms with E-state index in [0.29, 0.717) is 12.3 Å². The highest BCUT2D eigenvalue weighted by molar-refractivity contribution is 5.44. The quantitative estimate of drug-likeness (QED) is 0.701. The minimum Gasteiger partial charge on any atom is -0.508 e. The van der Waals surface area contributed by atoms with E-state index in [2.05, 4.69) is 5.32 Å². The Balaban J connectivity index is 2.11. The number of fused-ring (bicyclic) bond motifs is 1. The Bertz CT molecular complexity index is 349. The third kappa shape index (κ3) is 2.13. The number of aliphatic hydroxyl groups is 1. The molecule has 2 atom stereocenters. The van der Waals surface area contributed by atoms with E-state index in [1.54, 1.807) is 13.0 Å². The van der Waals surface area contributed by atoms with Crippen molar-refractivity contribution in [3.63, 3.8) is 0 Å². The van der Waals surface area contributed by atoms with Crippen molar-refractivity contribution in [3.8, 4) is 5.75 Å². The van der Waals surface area contributed by atoms with Gasteiger partial charge in [0.05, 0.1) is 6.10 Å². The van der Waals surface area contributed by atoms with Crippen LogP contribution in [0.15, 0.2) is 18.2 Å². The monoisotopic (exact) mass is 207 g/mol. The average Bonchev–Trinajstić information content (AvgIpc) is 2.59. The summed E-state index contributed by atoms with van der Waals surface area (Å²) in [6.45, 7) is 2.37. The van der Waals surface area contributed by atoms with Crippen LogP contribution in [0.25, 0.3) is 0 Å². The number of hydrogen-bond donors (Lipinski definition) is 3. The van der Waals surface area contributed by atoms with Crippen molar-refractivity contribution in [2.24, 2.45) is 0 Å². The zero-order valence-corrected chi connectivity index (χ0v) is 8.90. The number of aliphatic hydroxyl groups excluding tert-OH is 1. The minimum absolute atomic E-state index is 0.279. The summed E-state index contributed by atoms with van der Waals surface area (Å²) in [5.74, 6) is 0.397. The van der Waals surface area contributed by atoms with Gasteiger partial charge in [0, 0.05) is 12.6 Å². The molecule has 2 unspecified atom stereocenters. The SMILES string of the molecule is CC(O)CNC1CCc2c(O)cccc21. The fourth-order valence-electron chi connectivity index (χ4n) is 2.16.